The molecule has 0 spiro atoms. The van der Waals surface area contributed by atoms with Crippen molar-refractivity contribution in [2.75, 3.05) is 4.90 Å². The lowest BCUT2D eigenvalue weighted by Crippen LogP contribution is -2.15. The molecule has 0 aliphatic heterocycles. The number of fused-ring (bicyclic) bond motifs is 2. The van der Waals surface area contributed by atoms with Crippen molar-refractivity contribution in [3.05, 3.63) is 83.4 Å². The van der Waals surface area contributed by atoms with E-state index < -0.39 is 0 Å². The monoisotopic (exact) mass is 401 g/mol. The van der Waals surface area contributed by atoms with E-state index in [1.165, 1.54) is 26.1 Å². The fourth-order valence-electron chi connectivity index (χ4n) is 3.25. The summed E-state index contributed by atoms with van der Waals surface area (Å²) in [5.74, 6) is 0. The van der Waals surface area contributed by atoms with E-state index in [2.05, 4.69) is 85.5 Å². The minimum Gasteiger partial charge on any atom is -0.289 e. The zero-order chi connectivity index (χ0) is 19.1. The number of rotatable bonds is 4. The second-order valence-electron chi connectivity index (χ2n) is 7.01. The number of thiazole rings is 2. The molecule has 0 saturated carbocycles. The molecule has 0 bridgehead atoms. The highest BCUT2D eigenvalue weighted by Crippen LogP contribution is 2.38. The maximum Gasteiger partial charge on any atom is 0.193 e. The molecular weight excluding hydrogens is 382 g/mol. The topological polar surface area (TPSA) is 29.0 Å². The Bertz CT molecular complexity index is 1190. The summed E-state index contributed by atoms with van der Waals surface area (Å²) in [6, 6.07) is 23.4. The Labute approximate surface area is 171 Å². The molecule has 0 aliphatic carbocycles. The molecule has 3 nitrogen and oxygen atoms in total. The molecule has 0 fully saturated rings. The number of anilines is 2. The summed E-state index contributed by atoms with van der Waals surface area (Å²) >= 11 is 3.46. The van der Waals surface area contributed by atoms with E-state index in [-0.39, 0.29) is 0 Å². The van der Waals surface area contributed by atoms with Gasteiger partial charge in [-0.1, -0.05) is 65.1 Å². The molecule has 0 amide bonds. The molecule has 5 rings (SSSR count). The molecule has 2 aromatic heterocycles. The molecule has 0 unspecified atom stereocenters. The van der Waals surface area contributed by atoms with Gasteiger partial charge in [-0.3, -0.25) is 4.90 Å². The maximum absolute atomic E-state index is 4.93. The highest BCUT2D eigenvalue weighted by Gasteiger charge is 2.19. The Balaban J connectivity index is 1.64. The molecule has 28 heavy (non-hydrogen) atoms. The molecule has 2 heterocycles. The van der Waals surface area contributed by atoms with Crippen molar-refractivity contribution in [1.29, 1.82) is 0 Å². The summed E-state index contributed by atoms with van der Waals surface area (Å²) in [7, 11) is 0. The number of nitrogens with zero attached hydrogens (tertiary/aromatic N) is 3. The summed E-state index contributed by atoms with van der Waals surface area (Å²) in [4.78, 5) is 12.1. The third kappa shape index (κ3) is 3.28. The summed E-state index contributed by atoms with van der Waals surface area (Å²) in [6.45, 7) is 4.99. The first kappa shape index (κ1) is 17.3. The van der Waals surface area contributed by atoms with E-state index in [0.717, 1.165) is 27.8 Å². The molecule has 0 aliphatic rings. The van der Waals surface area contributed by atoms with Crippen LogP contribution in [0.15, 0.2) is 66.7 Å². The molecule has 0 atom stereocenters. The van der Waals surface area contributed by atoms with E-state index in [1.807, 2.05) is 0 Å². The first-order valence-corrected chi connectivity index (χ1v) is 10.8. The van der Waals surface area contributed by atoms with Crippen molar-refractivity contribution in [3.8, 4) is 0 Å². The lowest BCUT2D eigenvalue weighted by atomic mass is 10.2. The van der Waals surface area contributed by atoms with Gasteiger partial charge in [0.05, 0.1) is 27.0 Å². The highest BCUT2D eigenvalue weighted by molar-refractivity contribution is 7.24. The van der Waals surface area contributed by atoms with Crippen molar-refractivity contribution in [1.82, 2.24) is 9.97 Å². The summed E-state index contributed by atoms with van der Waals surface area (Å²) in [6.07, 6.45) is 0. The Hall–Kier alpha value is -2.76. The number of aromatic nitrogens is 2. The minimum absolute atomic E-state index is 0.748. The van der Waals surface area contributed by atoms with Gasteiger partial charge in [0.25, 0.3) is 0 Å². The quantitative estimate of drug-likeness (QED) is 0.329. The van der Waals surface area contributed by atoms with Gasteiger partial charge in [-0.2, -0.15) is 0 Å². The minimum atomic E-state index is 0.748. The molecular formula is C23H19N3S2. The van der Waals surface area contributed by atoms with Gasteiger partial charge in [0.15, 0.2) is 10.3 Å². The smallest absolute Gasteiger partial charge is 0.193 e. The van der Waals surface area contributed by atoms with Crippen LogP contribution in [0.2, 0.25) is 0 Å². The molecule has 0 radical (unpaired) electrons. The predicted octanol–water partition coefficient (Wildman–Crippen LogP) is 6.86. The summed E-state index contributed by atoms with van der Waals surface area (Å²) in [5.41, 5.74) is 5.84. The van der Waals surface area contributed by atoms with Gasteiger partial charge in [-0.05, 0) is 54.8 Å². The number of benzene rings is 3. The van der Waals surface area contributed by atoms with Crippen molar-refractivity contribution in [2.24, 2.45) is 0 Å². The Morgan fingerprint density at radius 2 is 1.25 bits per heavy atom. The Kier molecular flexibility index (Phi) is 4.34. The maximum atomic E-state index is 4.93. The number of hydrogen-bond donors (Lipinski definition) is 0. The van der Waals surface area contributed by atoms with Crippen LogP contribution in [0.5, 0.6) is 0 Å². The third-order valence-corrected chi connectivity index (χ3v) is 6.79. The second kappa shape index (κ2) is 7.00. The summed E-state index contributed by atoms with van der Waals surface area (Å²) in [5, 5.41) is 1.97. The fourth-order valence-corrected chi connectivity index (χ4v) is 5.44. The average molecular weight is 402 g/mol. The first-order chi connectivity index (χ1) is 13.7. The van der Waals surface area contributed by atoms with Crippen LogP contribution in [0.4, 0.5) is 10.3 Å². The SMILES string of the molecule is Cc1ccc2nc(N(Cc3ccccc3)c3nc4ccc(C)cc4s3)sc2c1. The van der Waals surface area contributed by atoms with Gasteiger partial charge in [0.2, 0.25) is 0 Å². The predicted molar refractivity (Wildman–Crippen MR) is 121 cm³/mol. The average Bonchev–Trinajstić information content (AvgIpc) is 3.30. The van der Waals surface area contributed by atoms with Crippen LogP contribution in [0.3, 0.4) is 0 Å². The lowest BCUT2D eigenvalue weighted by molar-refractivity contribution is 0.962. The number of hydrogen-bond acceptors (Lipinski definition) is 5. The van der Waals surface area contributed by atoms with Gasteiger partial charge in [0.1, 0.15) is 0 Å². The zero-order valence-electron chi connectivity index (χ0n) is 15.7. The second-order valence-corrected chi connectivity index (χ2v) is 9.03. The lowest BCUT2D eigenvalue weighted by Gasteiger charge is -2.18. The third-order valence-electron chi connectivity index (χ3n) is 4.71. The van der Waals surface area contributed by atoms with Crippen LogP contribution in [0.25, 0.3) is 20.4 Å². The van der Waals surface area contributed by atoms with Crippen LogP contribution in [0.1, 0.15) is 16.7 Å². The Morgan fingerprint density at radius 3 is 1.79 bits per heavy atom. The van der Waals surface area contributed by atoms with E-state index >= 15 is 0 Å². The molecule has 5 heteroatoms. The van der Waals surface area contributed by atoms with Gasteiger partial charge in [-0.15, -0.1) is 0 Å². The van der Waals surface area contributed by atoms with E-state index in [4.69, 9.17) is 9.97 Å². The normalized spacial score (nSPS) is 11.4. The molecule has 3 aromatic carbocycles. The summed E-state index contributed by atoms with van der Waals surface area (Å²) < 4.78 is 2.43. The van der Waals surface area contributed by atoms with Crippen LogP contribution >= 0.6 is 22.7 Å². The van der Waals surface area contributed by atoms with Crippen molar-refractivity contribution < 1.29 is 0 Å². The fraction of sp³-hybridized carbons (Fsp3) is 0.130. The van der Waals surface area contributed by atoms with Gasteiger partial charge >= 0.3 is 0 Å². The van der Waals surface area contributed by atoms with Crippen molar-refractivity contribution in [2.45, 2.75) is 20.4 Å². The molecule has 5 aromatic rings. The first-order valence-electron chi connectivity index (χ1n) is 9.21. The highest BCUT2D eigenvalue weighted by atomic mass is 32.1. The van der Waals surface area contributed by atoms with Crippen LogP contribution in [-0.2, 0) is 6.54 Å². The van der Waals surface area contributed by atoms with Crippen molar-refractivity contribution in [3.63, 3.8) is 0 Å². The van der Waals surface area contributed by atoms with Crippen LogP contribution in [-0.4, -0.2) is 9.97 Å². The molecule has 0 saturated heterocycles. The van der Waals surface area contributed by atoms with Gasteiger partial charge in [0, 0.05) is 0 Å². The Morgan fingerprint density at radius 1 is 0.714 bits per heavy atom. The standard InChI is InChI=1S/C23H19N3S2/c1-15-8-10-18-20(12-15)27-22(24-18)26(14-17-6-4-3-5-7-17)23-25-19-11-9-16(2)13-21(19)28-23/h3-13H,14H2,1-2H3. The number of aryl methyl sites for hydroxylation is 2. The molecule has 138 valence electrons. The molecule has 0 N–H and O–H groups in total. The van der Waals surface area contributed by atoms with E-state index in [1.54, 1.807) is 22.7 Å². The van der Waals surface area contributed by atoms with E-state index in [9.17, 15) is 0 Å². The van der Waals surface area contributed by atoms with Crippen LogP contribution in [0, 0.1) is 13.8 Å². The van der Waals surface area contributed by atoms with Gasteiger partial charge in [-0.25, -0.2) is 9.97 Å². The van der Waals surface area contributed by atoms with Crippen LogP contribution < -0.4 is 4.90 Å². The van der Waals surface area contributed by atoms with Gasteiger partial charge < -0.3 is 0 Å². The zero-order valence-corrected chi connectivity index (χ0v) is 17.3. The van der Waals surface area contributed by atoms with Crippen molar-refractivity contribution >= 4 is 53.4 Å². The largest absolute Gasteiger partial charge is 0.289 e. The van der Waals surface area contributed by atoms with E-state index in [0.29, 0.717) is 0 Å².